The van der Waals surface area contributed by atoms with Crippen LogP contribution in [0.15, 0.2) is 18.2 Å². The summed E-state index contributed by atoms with van der Waals surface area (Å²) in [6.07, 6.45) is 0.699. The topological polar surface area (TPSA) is 89.8 Å². The van der Waals surface area contributed by atoms with Crippen molar-refractivity contribution in [2.24, 2.45) is 0 Å². The molecule has 1 aromatic rings. The molecule has 0 unspecified atom stereocenters. The number of rotatable bonds is 6. The third-order valence-corrected chi connectivity index (χ3v) is 3.11. The van der Waals surface area contributed by atoms with Gasteiger partial charge < -0.3 is 9.64 Å². The van der Waals surface area contributed by atoms with Crippen LogP contribution in [0.2, 0.25) is 0 Å². The minimum absolute atomic E-state index is 0.119. The van der Waals surface area contributed by atoms with E-state index in [9.17, 15) is 19.7 Å². The van der Waals surface area contributed by atoms with Crippen LogP contribution in [-0.2, 0) is 9.53 Å². The lowest BCUT2D eigenvalue weighted by Crippen LogP contribution is -2.28. The summed E-state index contributed by atoms with van der Waals surface area (Å²) in [6, 6.07) is 4.19. The molecule has 0 saturated heterocycles. The number of carbonyl (C=O) groups excluding carboxylic acids is 2. The Morgan fingerprint density at radius 1 is 1.38 bits per heavy atom. The van der Waals surface area contributed by atoms with Crippen molar-refractivity contribution in [2.45, 2.75) is 19.8 Å². The Balaban J connectivity index is 2.76. The van der Waals surface area contributed by atoms with Crippen molar-refractivity contribution in [1.82, 2.24) is 4.90 Å². The molecule has 0 radical (unpaired) electrons. The predicted molar refractivity (Wildman–Crippen MR) is 76.0 cm³/mol. The Kier molecular flexibility index (Phi) is 5.83. The van der Waals surface area contributed by atoms with Gasteiger partial charge in [0.25, 0.3) is 11.6 Å². The van der Waals surface area contributed by atoms with E-state index in [1.807, 2.05) is 0 Å². The van der Waals surface area contributed by atoms with Gasteiger partial charge in [0.1, 0.15) is 0 Å². The van der Waals surface area contributed by atoms with Gasteiger partial charge in [-0.25, -0.2) is 0 Å². The number of non-ortho nitro benzene ring substituents is 1. The number of hydrogen-bond donors (Lipinski definition) is 0. The highest BCUT2D eigenvalue weighted by Gasteiger charge is 2.18. The van der Waals surface area contributed by atoms with Crippen LogP contribution in [-0.4, -0.2) is 42.4 Å². The van der Waals surface area contributed by atoms with Crippen LogP contribution in [0.1, 0.15) is 28.8 Å². The van der Waals surface area contributed by atoms with Crippen LogP contribution in [0, 0.1) is 17.0 Å². The van der Waals surface area contributed by atoms with Gasteiger partial charge >= 0.3 is 5.97 Å². The molecule has 0 aliphatic heterocycles. The zero-order chi connectivity index (χ0) is 16.0. The van der Waals surface area contributed by atoms with Crippen LogP contribution in [0.5, 0.6) is 0 Å². The Morgan fingerprint density at radius 2 is 2.05 bits per heavy atom. The first-order valence-corrected chi connectivity index (χ1v) is 6.44. The van der Waals surface area contributed by atoms with Gasteiger partial charge in [-0.1, -0.05) is 6.07 Å². The monoisotopic (exact) mass is 294 g/mol. The fourth-order valence-electron chi connectivity index (χ4n) is 1.82. The van der Waals surface area contributed by atoms with Crippen LogP contribution in [0.3, 0.4) is 0 Å². The van der Waals surface area contributed by atoms with Crippen molar-refractivity contribution in [1.29, 1.82) is 0 Å². The van der Waals surface area contributed by atoms with Crippen LogP contribution in [0.4, 0.5) is 5.69 Å². The summed E-state index contributed by atoms with van der Waals surface area (Å²) in [7, 11) is 2.90. The molecule has 1 amide bonds. The quantitative estimate of drug-likeness (QED) is 0.454. The number of hydrogen-bond acceptors (Lipinski definition) is 5. The summed E-state index contributed by atoms with van der Waals surface area (Å²) in [5.41, 5.74) is 0.849. The summed E-state index contributed by atoms with van der Waals surface area (Å²) < 4.78 is 4.52. The molecule has 0 aromatic heterocycles. The standard InChI is InChI=1S/C14H18N2O5/c1-10-6-7-11(16(19)20)9-12(10)14(18)15(2)8-4-5-13(17)21-3/h6-7,9H,4-5,8H2,1-3H3. The van der Waals surface area contributed by atoms with Crippen molar-refractivity contribution in [3.05, 3.63) is 39.4 Å². The van der Waals surface area contributed by atoms with E-state index in [0.29, 0.717) is 24.1 Å². The molecule has 0 aliphatic carbocycles. The highest BCUT2D eigenvalue weighted by molar-refractivity contribution is 5.96. The largest absolute Gasteiger partial charge is 0.469 e. The van der Waals surface area contributed by atoms with Crippen LogP contribution >= 0.6 is 0 Å². The lowest BCUT2D eigenvalue weighted by Gasteiger charge is -2.18. The number of carbonyl (C=O) groups is 2. The molecule has 0 saturated carbocycles. The van der Waals surface area contributed by atoms with E-state index in [2.05, 4.69) is 4.74 Å². The second kappa shape index (κ2) is 7.37. The SMILES string of the molecule is COC(=O)CCCN(C)C(=O)c1cc([N+](=O)[O-])ccc1C. The van der Waals surface area contributed by atoms with E-state index < -0.39 is 4.92 Å². The summed E-state index contributed by atoms with van der Waals surface area (Å²) in [4.78, 5) is 35.0. The first-order chi connectivity index (χ1) is 9.86. The van der Waals surface area contributed by atoms with E-state index in [1.54, 1.807) is 20.0 Å². The molecule has 7 nitrogen and oxygen atoms in total. The average molecular weight is 294 g/mol. The number of nitro benzene ring substituents is 1. The molecule has 7 heteroatoms. The molecule has 21 heavy (non-hydrogen) atoms. The molecule has 0 aliphatic rings. The Morgan fingerprint density at radius 3 is 2.62 bits per heavy atom. The smallest absolute Gasteiger partial charge is 0.305 e. The number of nitrogens with zero attached hydrogens (tertiary/aromatic N) is 2. The van der Waals surface area contributed by atoms with Crippen LogP contribution < -0.4 is 0 Å². The van der Waals surface area contributed by atoms with Gasteiger partial charge in [0.15, 0.2) is 0 Å². The fraction of sp³-hybridized carbons (Fsp3) is 0.429. The van der Waals surface area contributed by atoms with E-state index in [0.717, 1.165) is 0 Å². The molecule has 0 bridgehead atoms. The molecule has 0 N–H and O–H groups in total. The number of ether oxygens (including phenoxy) is 1. The van der Waals surface area contributed by atoms with Gasteiger partial charge in [-0.15, -0.1) is 0 Å². The molecule has 1 aromatic carbocycles. The average Bonchev–Trinajstić information content (AvgIpc) is 2.46. The zero-order valence-corrected chi connectivity index (χ0v) is 12.3. The number of methoxy groups -OCH3 is 1. The van der Waals surface area contributed by atoms with Gasteiger partial charge in [0.2, 0.25) is 0 Å². The third kappa shape index (κ3) is 4.55. The lowest BCUT2D eigenvalue weighted by molar-refractivity contribution is -0.384. The molecule has 114 valence electrons. The minimum atomic E-state index is -0.534. The van der Waals surface area contributed by atoms with E-state index in [-0.39, 0.29) is 24.0 Å². The second-order valence-electron chi connectivity index (χ2n) is 4.66. The van der Waals surface area contributed by atoms with Gasteiger partial charge in [-0.2, -0.15) is 0 Å². The first-order valence-electron chi connectivity index (χ1n) is 6.44. The normalized spacial score (nSPS) is 10.0. The number of benzene rings is 1. The molecular formula is C14H18N2O5. The van der Waals surface area contributed by atoms with Crippen molar-refractivity contribution >= 4 is 17.6 Å². The van der Waals surface area contributed by atoms with Gasteiger partial charge in [0.05, 0.1) is 12.0 Å². The predicted octanol–water partition coefficient (Wildman–Crippen LogP) is 1.93. The molecule has 0 fully saturated rings. The number of aryl methyl sites for hydroxylation is 1. The molecule has 0 spiro atoms. The highest BCUT2D eigenvalue weighted by atomic mass is 16.6. The van der Waals surface area contributed by atoms with Crippen molar-refractivity contribution in [3.63, 3.8) is 0 Å². The Bertz CT molecular complexity index is 556. The zero-order valence-electron chi connectivity index (χ0n) is 12.3. The second-order valence-corrected chi connectivity index (χ2v) is 4.66. The summed E-state index contributed by atoms with van der Waals surface area (Å²) in [5.74, 6) is -0.636. The summed E-state index contributed by atoms with van der Waals surface area (Å²) >= 11 is 0. The van der Waals surface area contributed by atoms with Crippen molar-refractivity contribution in [2.75, 3.05) is 20.7 Å². The first kappa shape index (κ1) is 16.6. The molecule has 0 heterocycles. The van der Waals surface area contributed by atoms with Gasteiger partial charge in [0, 0.05) is 37.7 Å². The number of esters is 1. The number of amides is 1. The maximum atomic E-state index is 12.3. The lowest BCUT2D eigenvalue weighted by atomic mass is 10.1. The maximum Gasteiger partial charge on any atom is 0.305 e. The molecular weight excluding hydrogens is 276 g/mol. The van der Waals surface area contributed by atoms with Crippen LogP contribution in [0.25, 0.3) is 0 Å². The highest BCUT2D eigenvalue weighted by Crippen LogP contribution is 2.18. The minimum Gasteiger partial charge on any atom is -0.469 e. The third-order valence-electron chi connectivity index (χ3n) is 3.11. The van der Waals surface area contributed by atoms with Gasteiger partial charge in [-0.05, 0) is 18.9 Å². The maximum absolute atomic E-state index is 12.3. The summed E-state index contributed by atoms with van der Waals surface area (Å²) in [5, 5.41) is 10.8. The fourth-order valence-corrected chi connectivity index (χ4v) is 1.82. The molecule has 0 atom stereocenters. The van der Waals surface area contributed by atoms with Gasteiger partial charge in [-0.3, -0.25) is 19.7 Å². The number of nitro groups is 1. The summed E-state index contributed by atoms with van der Waals surface area (Å²) in [6.45, 7) is 2.09. The van der Waals surface area contributed by atoms with Crippen molar-refractivity contribution in [3.8, 4) is 0 Å². The van der Waals surface area contributed by atoms with E-state index >= 15 is 0 Å². The molecule has 1 rings (SSSR count). The van der Waals surface area contributed by atoms with E-state index in [4.69, 9.17) is 0 Å². The Labute approximate surface area is 122 Å². The van der Waals surface area contributed by atoms with Crippen molar-refractivity contribution < 1.29 is 19.2 Å². The van der Waals surface area contributed by atoms with E-state index in [1.165, 1.54) is 24.1 Å². The Hall–Kier alpha value is -2.44.